The maximum Gasteiger partial charge on any atom is 0.317 e. The molecule has 16 heavy (non-hydrogen) atoms. The van der Waals surface area contributed by atoms with Crippen molar-refractivity contribution in [1.29, 1.82) is 0 Å². The molecule has 4 nitrogen and oxygen atoms in total. The third kappa shape index (κ3) is 3.11. The van der Waals surface area contributed by atoms with Crippen molar-refractivity contribution >= 4 is 6.03 Å². The van der Waals surface area contributed by atoms with Gasteiger partial charge in [0.1, 0.15) is 0 Å². The minimum atomic E-state index is 0.115. The van der Waals surface area contributed by atoms with Crippen LogP contribution in [0.3, 0.4) is 0 Å². The summed E-state index contributed by atoms with van der Waals surface area (Å²) in [7, 11) is 0. The van der Waals surface area contributed by atoms with E-state index in [9.17, 15) is 4.79 Å². The molecule has 1 aliphatic carbocycles. The number of carbonyl (C=O) groups is 1. The van der Waals surface area contributed by atoms with Gasteiger partial charge in [0.05, 0.1) is 0 Å². The third-order valence-electron chi connectivity index (χ3n) is 3.33. The zero-order chi connectivity index (χ0) is 11.5. The van der Waals surface area contributed by atoms with E-state index < -0.39 is 0 Å². The highest BCUT2D eigenvalue weighted by Gasteiger charge is 2.32. The molecular formula is C12H23N3O. The standard InChI is InChI=1S/C12H23N3O/c1-10(2)9-13-12(16)15-7-5-14(6-8-15)11-3-4-11/h10-11H,3-9H2,1-2H3,(H,13,16). The Balaban J connectivity index is 1.68. The lowest BCUT2D eigenvalue weighted by molar-refractivity contribution is 0.134. The molecule has 0 radical (unpaired) electrons. The molecule has 1 heterocycles. The Kier molecular flexibility index (Phi) is 3.69. The highest BCUT2D eigenvalue weighted by molar-refractivity contribution is 5.74. The largest absolute Gasteiger partial charge is 0.338 e. The SMILES string of the molecule is CC(C)CNC(=O)N1CCN(C2CC2)CC1. The number of urea groups is 1. The maximum absolute atomic E-state index is 11.8. The molecule has 2 fully saturated rings. The molecule has 0 bridgehead atoms. The normalized spacial score (nSPS) is 22.6. The van der Waals surface area contributed by atoms with E-state index in [0.717, 1.165) is 38.8 Å². The number of piperazine rings is 1. The van der Waals surface area contributed by atoms with E-state index in [0.29, 0.717) is 5.92 Å². The van der Waals surface area contributed by atoms with Crippen molar-refractivity contribution in [3.8, 4) is 0 Å². The molecule has 2 amide bonds. The van der Waals surface area contributed by atoms with Crippen LogP contribution >= 0.6 is 0 Å². The van der Waals surface area contributed by atoms with E-state index in [1.165, 1.54) is 12.8 Å². The fourth-order valence-electron chi connectivity index (χ4n) is 2.13. The minimum absolute atomic E-state index is 0.115. The van der Waals surface area contributed by atoms with Gasteiger partial charge in [-0.3, -0.25) is 4.90 Å². The van der Waals surface area contributed by atoms with Crippen LogP contribution in [-0.2, 0) is 0 Å². The second-order valence-electron chi connectivity index (χ2n) is 5.33. The summed E-state index contributed by atoms with van der Waals surface area (Å²) in [5.41, 5.74) is 0. The number of hydrogen-bond acceptors (Lipinski definition) is 2. The average Bonchev–Trinajstić information content (AvgIpc) is 3.10. The van der Waals surface area contributed by atoms with Crippen LogP contribution in [-0.4, -0.2) is 54.6 Å². The predicted octanol–water partition coefficient (Wildman–Crippen LogP) is 1.13. The number of nitrogens with one attached hydrogen (secondary N) is 1. The van der Waals surface area contributed by atoms with Gasteiger partial charge >= 0.3 is 6.03 Å². The molecule has 2 rings (SSSR count). The van der Waals surface area contributed by atoms with E-state index in [1.54, 1.807) is 0 Å². The predicted molar refractivity (Wildman–Crippen MR) is 64.4 cm³/mol. The average molecular weight is 225 g/mol. The molecule has 0 aromatic heterocycles. The molecule has 1 saturated heterocycles. The molecule has 0 spiro atoms. The van der Waals surface area contributed by atoms with Crippen LogP contribution in [0, 0.1) is 5.92 Å². The molecule has 4 heteroatoms. The Morgan fingerprint density at radius 3 is 2.38 bits per heavy atom. The lowest BCUT2D eigenvalue weighted by Gasteiger charge is -2.34. The summed E-state index contributed by atoms with van der Waals surface area (Å²) in [6.07, 6.45) is 2.72. The van der Waals surface area contributed by atoms with Gasteiger partial charge in [-0.15, -0.1) is 0 Å². The highest BCUT2D eigenvalue weighted by Crippen LogP contribution is 2.27. The zero-order valence-corrected chi connectivity index (χ0v) is 10.4. The number of amides is 2. The summed E-state index contributed by atoms with van der Waals surface area (Å²) in [5.74, 6) is 0.525. The van der Waals surface area contributed by atoms with Crippen LogP contribution in [0.4, 0.5) is 4.79 Å². The Bertz CT molecular complexity index is 243. The summed E-state index contributed by atoms with van der Waals surface area (Å²) < 4.78 is 0. The molecule has 1 saturated carbocycles. The Morgan fingerprint density at radius 1 is 1.25 bits per heavy atom. The first kappa shape index (κ1) is 11.7. The van der Waals surface area contributed by atoms with Gasteiger partial charge < -0.3 is 10.2 Å². The molecule has 1 N–H and O–H groups in total. The molecule has 0 atom stereocenters. The first-order valence-corrected chi connectivity index (χ1v) is 6.43. The molecule has 1 aliphatic heterocycles. The molecule has 92 valence electrons. The van der Waals surface area contributed by atoms with Crippen molar-refractivity contribution in [2.45, 2.75) is 32.7 Å². The summed E-state index contributed by atoms with van der Waals surface area (Å²) in [5, 5.41) is 2.98. The molecule has 0 aromatic rings. The van der Waals surface area contributed by atoms with Crippen LogP contribution in [0.25, 0.3) is 0 Å². The van der Waals surface area contributed by atoms with Crippen LogP contribution in [0.1, 0.15) is 26.7 Å². The van der Waals surface area contributed by atoms with E-state index in [4.69, 9.17) is 0 Å². The third-order valence-corrected chi connectivity index (χ3v) is 3.33. The molecule has 2 aliphatic rings. The van der Waals surface area contributed by atoms with Gasteiger partial charge in [0.25, 0.3) is 0 Å². The monoisotopic (exact) mass is 225 g/mol. The van der Waals surface area contributed by atoms with Gasteiger partial charge in [-0.25, -0.2) is 4.79 Å². The van der Waals surface area contributed by atoms with Crippen molar-refractivity contribution in [2.75, 3.05) is 32.7 Å². The first-order valence-electron chi connectivity index (χ1n) is 6.43. The topological polar surface area (TPSA) is 35.6 Å². The van der Waals surface area contributed by atoms with Crippen molar-refractivity contribution in [2.24, 2.45) is 5.92 Å². The second kappa shape index (κ2) is 5.04. The van der Waals surface area contributed by atoms with Crippen LogP contribution in [0.15, 0.2) is 0 Å². The van der Waals surface area contributed by atoms with E-state index >= 15 is 0 Å². The fourth-order valence-corrected chi connectivity index (χ4v) is 2.13. The van der Waals surface area contributed by atoms with Gasteiger partial charge in [-0.05, 0) is 18.8 Å². The quantitative estimate of drug-likeness (QED) is 0.781. The number of carbonyl (C=O) groups excluding carboxylic acids is 1. The lowest BCUT2D eigenvalue weighted by Crippen LogP contribution is -2.52. The van der Waals surface area contributed by atoms with E-state index in [1.807, 2.05) is 4.90 Å². The summed E-state index contributed by atoms with van der Waals surface area (Å²) in [6, 6.07) is 0.949. The Labute approximate surface area is 98.0 Å². The molecular weight excluding hydrogens is 202 g/mol. The van der Waals surface area contributed by atoms with Gasteiger partial charge in [0, 0.05) is 38.8 Å². The zero-order valence-electron chi connectivity index (χ0n) is 10.4. The lowest BCUT2D eigenvalue weighted by atomic mass is 10.2. The van der Waals surface area contributed by atoms with Gasteiger partial charge in [-0.1, -0.05) is 13.8 Å². The van der Waals surface area contributed by atoms with E-state index in [2.05, 4.69) is 24.1 Å². The van der Waals surface area contributed by atoms with Crippen molar-refractivity contribution in [3.63, 3.8) is 0 Å². The van der Waals surface area contributed by atoms with Crippen molar-refractivity contribution < 1.29 is 4.79 Å². The number of rotatable bonds is 3. The second-order valence-corrected chi connectivity index (χ2v) is 5.33. The first-order chi connectivity index (χ1) is 7.66. The highest BCUT2D eigenvalue weighted by atomic mass is 16.2. The summed E-state index contributed by atoms with van der Waals surface area (Å²) >= 11 is 0. The summed E-state index contributed by atoms with van der Waals surface area (Å²) in [6.45, 7) is 8.90. The molecule has 0 unspecified atom stereocenters. The maximum atomic E-state index is 11.8. The molecule has 0 aromatic carbocycles. The summed E-state index contributed by atoms with van der Waals surface area (Å²) in [4.78, 5) is 16.3. The Hall–Kier alpha value is -0.770. The Morgan fingerprint density at radius 2 is 1.88 bits per heavy atom. The van der Waals surface area contributed by atoms with E-state index in [-0.39, 0.29) is 6.03 Å². The van der Waals surface area contributed by atoms with Crippen molar-refractivity contribution in [3.05, 3.63) is 0 Å². The van der Waals surface area contributed by atoms with Crippen LogP contribution in [0.2, 0.25) is 0 Å². The van der Waals surface area contributed by atoms with Crippen LogP contribution < -0.4 is 5.32 Å². The van der Waals surface area contributed by atoms with Crippen LogP contribution in [0.5, 0.6) is 0 Å². The van der Waals surface area contributed by atoms with Gasteiger partial charge in [0.15, 0.2) is 0 Å². The van der Waals surface area contributed by atoms with Gasteiger partial charge in [-0.2, -0.15) is 0 Å². The number of hydrogen-bond donors (Lipinski definition) is 1. The van der Waals surface area contributed by atoms with Crippen molar-refractivity contribution in [1.82, 2.24) is 15.1 Å². The fraction of sp³-hybridized carbons (Fsp3) is 0.917. The number of nitrogens with zero attached hydrogens (tertiary/aromatic N) is 2. The minimum Gasteiger partial charge on any atom is -0.338 e. The van der Waals surface area contributed by atoms with Gasteiger partial charge in [0.2, 0.25) is 0 Å². The smallest absolute Gasteiger partial charge is 0.317 e.